The lowest BCUT2D eigenvalue weighted by atomic mass is 9.53. The molecule has 5 aliphatic heterocycles. The quantitative estimate of drug-likeness (QED) is 0.409. The average Bonchev–Trinajstić information content (AvgIpc) is 3.05. The van der Waals surface area contributed by atoms with Gasteiger partial charge in [0.05, 0.1) is 37.1 Å². The fourth-order valence-electron chi connectivity index (χ4n) is 7.77. The number of para-hydroxylation sites is 1. The summed E-state index contributed by atoms with van der Waals surface area (Å²) in [4.78, 5) is 15.3. The summed E-state index contributed by atoms with van der Waals surface area (Å²) in [6.07, 6.45) is 4.51. The number of carbonyl (C=O) groups excluding carboxylic acids is 1. The van der Waals surface area contributed by atoms with E-state index in [9.17, 15) is 10.0 Å². The standard InChI is InChI=1S/C21H22N2O3/c24-18-10-16-19-13-9-17-21(6-7-23(17,25)11-12(13)5-8-26-16)14-3-1-2-4-15(14)22(18)20(19)21/h1-5,13,16-17,19-20H,6-11H2/t13-,16-,17-,19-,20-,21+,23-/m0/s1. The lowest BCUT2D eigenvalue weighted by molar-refractivity contribution is -0.896. The van der Waals surface area contributed by atoms with E-state index in [0.29, 0.717) is 38.0 Å². The molecule has 1 aromatic carbocycles. The number of fused-ring (bicyclic) bond motifs is 2. The second kappa shape index (κ2) is 4.24. The molecule has 1 aliphatic carbocycles. The molecular formula is C21H22N2O3. The monoisotopic (exact) mass is 350 g/mol. The molecule has 0 N–H and O–H groups in total. The molecule has 2 bridgehead atoms. The van der Waals surface area contributed by atoms with Gasteiger partial charge in [-0.3, -0.25) is 4.79 Å². The zero-order valence-corrected chi connectivity index (χ0v) is 14.6. The number of nitrogens with zero attached hydrogens (tertiary/aromatic N) is 2. The summed E-state index contributed by atoms with van der Waals surface area (Å²) in [6, 6.07) is 8.58. The highest BCUT2D eigenvalue weighted by Gasteiger charge is 2.74. The molecule has 7 atom stereocenters. The van der Waals surface area contributed by atoms with Crippen LogP contribution in [-0.2, 0) is 14.9 Å². The van der Waals surface area contributed by atoms with E-state index in [1.165, 1.54) is 11.1 Å². The van der Waals surface area contributed by atoms with Crippen LogP contribution in [0.3, 0.4) is 0 Å². The first-order valence-electron chi connectivity index (χ1n) is 9.93. The van der Waals surface area contributed by atoms with Crippen LogP contribution in [0.1, 0.15) is 24.8 Å². The van der Waals surface area contributed by atoms with E-state index >= 15 is 0 Å². The van der Waals surface area contributed by atoms with Crippen LogP contribution >= 0.6 is 0 Å². The van der Waals surface area contributed by atoms with Gasteiger partial charge < -0.3 is 19.5 Å². The minimum absolute atomic E-state index is 0.00175. The van der Waals surface area contributed by atoms with Crippen molar-refractivity contribution in [1.29, 1.82) is 0 Å². The van der Waals surface area contributed by atoms with Crippen molar-refractivity contribution in [3.05, 3.63) is 46.7 Å². The maximum Gasteiger partial charge on any atom is 0.229 e. The molecule has 3 saturated heterocycles. The van der Waals surface area contributed by atoms with Gasteiger partial charge >= 0.3 is 0 Å². The van der Waals surface area contributed by atoms with E-state index in [2.05, 4.69) is 29.2 Å². The van der Waals surface area contributed by atoms with Gasteiger partial charge in [-0.25, -0.2) is 0 Å². The van der Waals surface area contributed by atoms with Crippen LogP contribution in [0.25, 0.3) is 0 Å². The van der Waals surface area contributed by atoms with Crippen LogP contribution in [0, 0.1) is 17.0 Å². The van der Waals surface area contributed by atoms with Gasteiger partial charge in [0, 0.05) is 24.4 Å². The van der Waals surface area contributed by atoms with Gasteiger partial charge in [0.25, 0.3) is 0 Å². The van der Waals surface area contributed by atoms with Crippen molar-refractivity contribution in [1.82, 2.24) is 0 Å². The van der Waals surface area contributed by atoms with Gasteiger partial charge in [0.15, 0.2) is 0 Å². The summed E-state index contributed by atoms with van der Waals surface area (Å²) >= 11 is 0. The number of quaternary nitrogens is 1. The third-order valence-electron chi connectivity index (χ3n) is 8.50. The van der Waals surface area contributed by atoms with Crippen molar-refractivity contribution < 1.29 is 14.2 Å². The number of hydroxylamine groups is 3. The Kier molecular flexibility index (Phi) is 2.34. The smallest absolute Gasteiger partial charge is 0.229 e. The Morgan fingerprint density at radius 1 is 1.31 bits per heavy atom. The number of ether oxygens (including phenoxy) is 1. The maximum absolute atomic E-state index is 13.9. The normalized spacial score (nSPS) is 49.6. The molecule has 5 heteroatoms. The van der Waals surface area contributed by atoms with Crippen LogP contribution in [-0.4, -0.2) is 48.4 Å². The van der Waals surface area contributed by atoms with Crippen molar-refractivity contribution in [2.75, 3.05) is 24.6 Å². The predicted molar refractivity (Wildman–Crippen MR) is 95.2 cm³/mol. The zero-order chi connectivity index (χ0) is 17.3. The first-order valence-corrected chi connectivity index (χ1v) is 9.93. The molecule has 134 valence electrons. The van der Waals surface area contributed by atoms with Crippen LogP contribution in [0.5, 0.6) is 0 Å². The predicted octanol–water partition coefficient (Wildman–Crippen LogP) is 2.11. The van der Waals surface area contributed by atoms with E-state index in [4.69, 9.17) is 4.74 Å². The summed E-state index contributed by atoms with van der Waals surface area (Å²) in [6.45, 7) is 1.87. The molecule has 1 amide bonds. The van der Waals surface area contributed by atoms with E-state index in [0.717, 1.165) is 18.5 Å². The number of benzene rings is 1. The molecule has 5 nitrogen and oxygen atoms in total. The average molecular weight is 350 g/mol. The van der Waals surface area contributed by atoms with Gasteiger partial charge in [-0.2, -0.15) is 0 Å². The Hall–Kier alpha value is -1.69. The minimum atomic E-state index is -0.174. The first kappa shape index (κ1) is 14.4. The molecule has 5 heterocycles. The van der Waals surface area contributed by atoms with Gasteiger partial charge in [-0.05, 0) is 23.1 Å². The Bertz CT molecular complexity index is 897. The third-order valence-corrected chi connectivity index (χ3v) is 8.50. The molecule has 0 unspecified atom stereocenters. The van der Waals surface area contributed by atoms with Crippen LogP contribution in [0.15, 0.2) is 35.9 Å². The molecule has 7 rings (SSSR count). The largest absolute Gasteiger partial charge is 0.632 e. The summed E-state index contributed by atoms with van der Waals surface area (Å²) in [5, 5.41) is 13.9. The fraction of sp³-hybridized carbons (Fsp3) is 0.571. The summed E-state index contributed by atoms with van der Waals surface area (Å²) in [7, 11) is 0. The topological polar surface area (TPSA) is 52.6 Å². The van der Waals surface area contributed by atoms with Gasteiger partial charge in [-0.1, -0.05) is 24.3 Å². The molecule has 1 saturated carbocycles. The summed E-state index contributed by atoms with van der Waals surface area (Å²) in [5.74, 6) is 0.922. The number of anilines is 1. The number of hydrogen-bond acceptors (Lipinski definition) is 3. The van der Waals surface area contributed by atoms with Crippen LogP contribution < -0.4 is 4.90 Å². The van der Waals surface area contributed by atoms with E-state index in [1.807, 2.05) is 6.07 Å². The first-order chi connectivity index (χ1) is 12.6. The highest BCUT2D eigenvalue weighted by atomic mass is 16.6. The second-order valence-corrected chi connectivity index (χ2v) is 9.14. The van der Waals surface area contributed by atoms with Crippen LogP contribution in [0.4, 0.5) is 5.69 Å². The molecule has 1 aromatic rings. The number of amides is 1. The van der Waals surface area contributed by atoms with Crippen molar-refractivity contribution in [3.63, 3.8) is 0 Å². The Morgan fingerprint density at radius 2 is 2.19 bits per heavy atom. The van der Waals surface area contributed by atoms with Crippen molar-refractivity contribution >= 4 is 11.6 Å². The number of hydrogen-bond donors (Lipinski definition) is 0. The second-order valence-electron chi connectivity index (χ2n) is 9.14. The summed E-state index contributed by atoms with van der Waals surface area (Å²) in [5.41, 5.74) is 3.46. The van der Waals surface area contributed by atoms with Gasteiger partial charge in [-0.15, -0.1) is 0 Å². The lowest BCUT2D eigenvalue weighted by Crippen LogP contribution is -2.71. The van der Waals surface area contributed by atoms with Gasteiger partial charge in [0.2, 0.25) is 5.91 Å². The molecule has 1 spiro atoms. The Labute approximate surface area is 152 Å². The van der Waals surface area contributed by atoms with Crippen molar-refractivity contribution in [3.8, 4) is 0 Å². The summed E-state index contributed by atoms with van der Waals surface area (Å²) < 4.78 is 6.10. The number of rotatable bonds is 0. The highest BCUT2D eigenvalue weighted by Crippen LogP contribution is 2.67. The number of carbonyl (C=O) groups is 1. The number of piperidine rings is 2. The van der Waals surface area contributed by atoms with Crippen molar-refractivity contribution in [2.45, 2.75) is 42.9 Å². The third kappa shape index (κ3) is 1.33. The van der Waals surface area contributed by atoms with E-state index < -0.39 is 0 Å². The molecular weight excluding hydrogens is 328 g/mol. The molecule has 6 aliphatic rings. The van der Waals surface area contributed by atoms with Gasteiger partial charge in [0.1, 0.15) is 12.6 Å². The van der Waals surface area contributed by atoms with E-state index in [1.54, 1.807) is 0 Å². The minimum Gasteiger partial charge on any atom is -0.632 e. The SMILES string of the molecule is O=C1C[C@@H]2OCC=C3C[N@@+]4([O-])CC[C@]56c7ccccc7N1[C@H]5[C@H]2[C@H]3C[C@@H]64. The van der Waals surface area contributed by atoms with Crippen molar-refractivity contribution in [2.24, 2.45) is 11.8 Å². The van der Waals surface area contributed by atoms with E-state index in [-0.39, 0.29) is 34.2 Å². The zero-order valence-electron chi connectivity index (χ0n) is 14.6. The highest BCUT2D eigenvalue weighted by molar-refractivity contribution is 5.99. The fourth-order valence-corrected chi connectivity index (χ4v) is 7.77. The molecule has 26 heavy (non-hydrogen) atoms. The maximum atomic E-state index is 13.9. The molecule has 0 radical (unpaired) electrons. The molecule has 4 fully saturated rings. The molecule has 0 aromatic heterocycles. The Morgan fingerprint density at radius 3 is 3.12 bits per heavy atom. The lowest BCUT2D eigenvalue weighted by Gasteiger charge is -2.61. The Balaban J connectivity index is 1.56. The van der Waals surface area contributed by atoms with Crippen LogP contribution in [0.2, 0.25) is 0 Å².